The zero-order valence-electron chi connectivity index (χ0n) is 19.8. The van der Waals surface area contributed by atoms with Crippen LogP contribution in [0.2, 0.25) is 0 Å². The first-order valence-corrected chi connectivity index (χ1v) is 11.3. The Hall–Kier alpha value is -4.25. The summed E-state index contributed by atoms with van der Waals surface area (Å²) in [4.78, 5) is 33.7. The van der Waals surface area contributed by atoms with Crippen LogP contribution in [-0.2, 0) is 20.7 Å². The van der Waals surface area contributed by atoms with Crippen molar-refractivity contribution in [1.82, 2.24) is 15.3 Å². The number of alkyl carbamates (subject to hydrolysis) is 1. The molecule has 8 nitrogen and oxygen atoms in total. The highest BCUT2D eigenvalue weighted by atomic mass is 16.6. The van der Waals surface area contributed by atoms with Gasteiger partial charge in [0.1, 0.15) is 24.3 Å². The molecule has 0 radical (unpaired) electrons. The number of nitriles is 1. The van der Waals surface area contributed by atoms with Gasteiger partial charge in [-0.15, -0.1) is 0 Å². The molecule has 0 saturated heterocycles. The van der Waals surface area contributed by atoms with Crippen LogP contribution in [0.1, 0.15) is 49.2 Å². The molecule has 1 amide bonds. The van der Waals surface area contributed by atoms with Gasteiger partial charge in [0.25, 0.3) is 0 Å². The molecule has 1 atom stereocenters. The Morgan fingerprint density at radius 3 is 2.29 bits per heavy atom. The van der Waals surface area contributed by atoms with E-state index in [1.165, 1.54) is 12.4 Å². The summed E-state index contributed by atoms with van der Waals surface area (Å²) in [6, 6.07) is 16.9. The maximum atomic E-state index is 12.8. The lowest BCUT2D eigenvalue weighted by Crippen LogP contribution is -2.46. The summed E-state index contributed by atoms with van der Waals surface area (Å²) in [7, 11) is 0. The van der Waals surface area contributed by atoms with Crippen LogP contribution in [0.5, 0.6) is 0 Å². The molecular weight excluding hydrogens is 444 g/mol. The molecule has 1 aromatic heterocycles. The molecule has 1 aliphatic carbocycles. The summed E-state index contributed by atoms with van der Waals surface area (Å²) in [5.41, 5.74) is 4.17. The summed E-state index contributed by atoms with van der Waals surface area (Å²) in [5.74, 6) is -0.735. The molecule has 1 N–H and O–H groups in total. The lowest BCUT2D eigenvalue weighted by molar-refractivity contribution is -0.157. The summed E-state index contributed by atoms with van der Waals surface area (Å²) in [5, 5.41) is 11.7. The third kappa shape index (κ3) is 5.64. The molecule has 0 saturated carbocycles. The predicted octanol–water partition coefficient (Wildman–Crippen LogP) is 4.14. The van der Waals surface area contributed by atoms with Crippen molar-refractivity contribution in [2.75, 3.05) is 6.61 Å². The smallest absolute Gasteiger partial charge is 0.407 e. The Morgan fingerprint density at radius 1 is 1.06 bits per heavy atom. The van der Waals surface area contributed by atoms with Gasteiger partial charge in [-0.3, -0.25) is 4.98 Å². The van der Waals surface area contributed by atoms with E-state index in [1.54, 1.807) is 20.8 Å². The van der Waals surface area contributed by atoms with Crippen molar-refractivity contribution in [3.8, 4) is 17.2 Å². The molecule has 0 aliphatic heterocycles. The van der Waals surface area contributed by atoms with Gasteiger partial charge in [-0.05, 0) is 43.0 Å². The van der Waals surface area contributed by atoms with E-state index in [1.807, 2.05) is 42.5 Å². The number of nitrogens with one attached hydrogen (secondary N) is 1. The molecule has 1 aliphatic rings. The summed E-state index contributed by atoms with van der Waals surface area (Å²) in [6.45, 7) is 5.34. The number of aromatic nitrogens is 2. The Kier molecular flexibility index (Phi) is 6.78. The van der Waals surface area contributed by atoms with Gasteiger partial charge in [0.05, 0.1) is 11.9 Å². The number of hydrogen-bond donors (Lipinski definition) is 1. The SMILES string of the molecule is CC(C)(C)OC(=O)[C@H](Cc1cncc(C#N)n1)NC(=O)OCC1c2ccccc2-c2ccccc21. The number of esters is 1. The lowest BCUT2D eigenvalue weighted by Gasteiger charge is -2.24. The molecule has 4 rings (SSSR count). The summed E-state index contributed by atoms with van der Waals surface area (Å²) in [6.07, 6.45) is 2.02. The van der Waals surface area contributed by atoms with E-state index in [4.69, 9.17) is 14.7 Å². The van der Waals surface area contributed by atoms with Gasteiger partial charge in [-0.25, -0.2) is 14.6 Å². The van der Waals surface area contributed by atoms with Crippen LogP contribution in [0.4, 0.5) is 4.79 Å². The van der Waals surface area contributed by atoms with Gasteiger partial charge in [0.15, 0.2) is 5.69 Å². The van der Waals surface area contributed by atoms with Crippen molar-refractivity contribution in [3.63, 3.8) is 0 Å². The van der Waals surface area contributed by atoms with E-state index in [-0.39, 0.29) is 24.6 Å². The van der Waals surface area contributed by atoms with Crippen LogP contribution in [-0.4, -0.2) is 40.3 Å². The van der Waals surface area contributed by atoms with Crippen LogP contribution < -0.4 is 5.32 Å². The molecule has 178 valence electrons. The highest BCUT2D eigenvalue weighted by Gasteiger charge is 2.31. The van der Waals surface area contributed by atoms with Crippen molar-refractivity contribution in [3.05, 3.63) is 83.4 Å². The maximum absolute atomic E-state index is 12.8. The number of amides is 1. The zero-order chi connectivity index (χ0) is 25.0. The topological polar surface area (TPSA) is 114 Å². The molecule has 35 heavy (non-hydrogen) atoms. The van der Waals surface area contributed by atoms with Crippen LogP contribution in [0, 0.1) is 11.3 Å². The third-order valence-corrected chi connectivity index (χ3v) is 5.54. The quantitative estimate of drug-likeness (QED) is 0.539. The Labute approximate surface area is 203 Å². The van der Waals surface area contributed by atoms with Gasteiger partial charge in [0.2, 0.25) is 0 Å². The van der Waals surface area contributed by atoms with Crippen molar-refractivity contribution in [2.45, 2.75) is 44.8 Å². The maximum Gasteiger partial charge on any atom is 0.407 e. The van der Waals surface area contributed by atoms with Crippen molar-refractivity contribution < 1.29 is 19.1 Å². The average molecular weight is 471 g/mol. The predicted molar refractivity (Wildman–Crippen MR) is 128 cm³/mol. The van der Waals surface area contributed by atoms with Gasteiger partial charge in [-0.2, -0.15) is 5.26 Å². The van der Waals surface area contributed by atoms with E-state index in [0.29, 0.717) is 5.69 Å². The monoisotopic (exact) mass is 470 g/mol. The lowest BCUT2D eigenvalue weighted by atomic mass is 9.98. The van der Waals surface area contributed by atoms with E-state index >= 15 is 0 Å². The molecule has 0 unspecified atom stereocenters. The van der Waals surface area contributed by atoms with E-state index in [9.17, 15) is 9.59 Å². The zero-order valence-corrected chi connectivity index (χ0v) is 19.8. The second-order valence-corrected chi connectivity index (χ2v) is 9.27. The fraction of sp³-hybridized carbons (Fsp3) is 0.296. The molecule has 1 heterocycles. The Morgan fingerprint density at radius 2 is 1.69 bits per heavy atom. The van der Waals surface area contributed by atoms with E-state index in [2.05, 4.69) is 27.4 Å². The Bertz CT molecular complexity index is 1250. The Balaban J connectivity index is 1.48. The highest BCUT2D eigenvalue weighted by Crippen LogP contribution is 2.44. The minimum atomic E-state index is -1.06. The minimum Gasteiger partial charge on any atom is -0.458 e. The van der Waals surface area contributed by atoms with E-state index in [0.717, 1.165) is 22.3 Å². The number of carbonyl (C=O) groups excluding carboxylic acids is 2. The van der Waals surface area contributed by atoms with E-state index < -0.39 is 23.7 Å². The molecular formula is C27H26N4O4. The first kappa shape index (κ1) is 23.9. The minimum absolute atomic E-state index is 0.00162. The second kappa shape index (κ2) is 9.94. The normalized spacial score (nSPS) is 13.2. The number of carbonyl (C=O) groups is 2. The van der Waals surface area contributed by atoms with Crippen molar-refractivity contribution in [1.29, 1.82) is 5.26 Å². The van der Waals surface area contributed by atoms with Crippen LogP contribution in [0.15, 0.2) is 60.9 Å². The van der Waals surface area contributed by atoms with Crippen LogP contribution in [0.3, 0.4) is 0 Å². The average Bonchev–Trinajstić information content (AvgIpc) is 3.15. The van der Waals surface area contributed by atoms with Gasteiger partial charge < -0.3 is 14.8 Å². The standard InChI is InChI=1S/C27H26N4O4/c1-27(2,3)35-25(32)24(12-17-14-29-15-18(13-28)30-17)31-26(33)34-16-23-21-10-6-4-8-19(21)20-9-5-7-11-22(20)23/h4-11,14-15,23-24H,12,16H2,1-3H3,(H,31,33)/t24-/m0/s1. The summed E-state index contributed by atoms with van der Waals surface area (Å²) >= 11 is 0. The van der Waals surface area contributed by atoms with Crippen LogP contribution in [0.25, 0.3) is 11.1 Å². The van der Waals surface area contributed by atoms with Crippen molar-refractivity contribution in [2.24, 2.45) is 0 Å². The molecule has 0 spiro atoms. The number of nitrogens with zero attached hydrogens (tertiary/aromatic N) is 3. The molecule has 3 aromatic rings. The molecule has 8 heteroatoms. The number of fused-ring (bicyclic) bond motifs is 3. The fourth-order valence-electron chi connectivity index (χ4n) is 4.12. The number of benzene rings is 2. The third-order valence-electron chi connectivity index (χ3n) is 5.54. The number of rotatable bonds is 6. The highest BCUT2D eigenvalue weighted by molar-refractivity contribution is 5.82. The van der Waals surface area contributed by atoms with Gasteiger partial charge >= 0.3 is 12.1 Å². The molecule has 2 aromatic carbocycles. The van der Waals surface area contributed by atoms with Crippen molar-refractivity contribution >= 4 is 12.1 Å². The van der Waals surface area contributed by atoms with Crippen LogP contribution >= 0.6 is 0 Å². The summed E-state index contributed by atoms with van der Waals surface area (Å²) < 4.78 is 11.1. The van der Waals surface area contributed by atoms with Gasteiger partial charge in [-0.1, -0.05) is 48.5 Å². The molecule has 0 bridgehead atoms. The second-order valence-electron chi connectivity index (χ2n) is 9.27. The number of ether oxygens (including phenoxy) is 2. The first-order chi connectivity index (χ1) is 16.7. The van der Waals surface area contributed by atoms with Gasteiger partial charge in [0, 0.05) is 18.5 Å². The first-order valence-electron chi connectivity index (χ1n) is 11.3. The fourth-order valence-corrected chi connectivity index (χ4v) is 4.12. The number of hydrogen-bond acceptors (Lipinski definition) is 7. The molecule has 0 fully saturated rings. The largest absolute Gasteiger partial charge is 0.458 e.